The summed E-state index contributed by atoms with van der Waals surface area (Å²) in [5, 5.41) is 6.86. The maximum atomic E-state index is 12.1. The molecule has 0 aliphatic heterocycles. The number of benzene rings is 1. The summed E-state index contributed by atoms with van der Waals surface area (Å²) in [6.45, 7) is 0.602. The topological polar surface area (TPSA) is 66.9 Å². The van der Waals surface area contributed by atoms with Crippen molar-refractivity contribution in [3.8, 4) is 0 Å². The molecule has 1 heterocycles. The van der Waals surface area contributed by atoms with Gasteiger partial charge in [-0.3, -0.25) is 4.79 Å². The number of rotatable bonds is 5. The number of hydrogen-bond donors (Lipinski definition) is 2. The van der Waals surface area contributed by atoms with E-state index in [-0.39, 0.29) is 5.91 Å². The highest BCUT2D eigenvalue weighted by Gasteiger charge is 2.18. The van der Waals surface area contributed by atoms with Gasteiger partial charge in [-0.2, -0.15) is 0 Å². The van der Waals surface area contributed by atoms with Crippen LogP contribution in [0.25, 0.3) is 0 Å². The average Bonchev–Trinajstić information content (AvgIpc) is 3.08. The van der Waals surface area contributed by atoms with E-state index in [9.17, 15) is 4.79 Å². The van der Waals surface area contributed by atoms with Crippen LogP contribution in [-0.4, -0.2) is 21.9 Å². The summed E-state index contributed by atoms with van der Waals surface area (Å²) in [5.74, 6) is 0.401. The van der Waals surface area contributed by atoms with Gasteiger partial charge < -0.3 is 10.6 Å². The Bertz CT molecular complexity index is 651. The molecule has 1 fully saturated rings. The zero-order valence-corrected chi connectivity index (χ0v) is 13.5. The molecule has 1 aliphatic carbocycles. The molecule has 120 valence electrons. The second-order valence-corrected chi connectivity index (χ2v) is 6.17. The van der Waals surface area contributed by atoms with Gasteiger partial charge in [0.05, 0.1) is 5.56 Å². The van der Waals surface area contributed by atoms with Gasteiger partial charge in [0.15, 0.2) is 0 Å². The minimum Gasteiger partial charge on any atom is -0.350 e. The highest BCUT2D eigenvalue weighted by atomic mass is 35.5. The number of halogens is 1. The zero-order valence-electron chi connectivity index (χ0n) is 12.8. The maximum absolute atomic E-state index is 12.1. The van der Waals surface area contributed by atoms with E-state index in [0.29, 0.717) is 29.1 Å². The Kier molecular flexibility index (Phi) is 5.08. The van der Waals surface area contributed by atoms with Gasteiger partial charge in [0.25, 0.3) is 5.91 Å². The Morgan fingerprint density at radius 3 is 2.43 bits per heavy atom. The van der Waals surface area contributed by atoms with Crippen LogP contribution in [0.3, 0.4) is 0 Å². The summed E-state index contributed by atoms with van der Waals surface area (Å²) in [5.41, 5.74) is 1.58. The lowest BCUT2D eigenvalue weighted by molar-refractivity contribution is 0.0937. The number of anilines is 1. The second-order valence-electron chi connectivity index (χ2n) is 5.73. The first kappa shape index (κ1) is 15.7. The fourth-order valence-corrected chi connectivity index (χ4v) is 2.78. The summed E-state index contributed by atoms with van der Waals surface area (Å²) < 4.78 is 0. The van der Waals surface area contributed by atoms with E-state index < -0.39 is 0 Å². The molecule has 6 heteroatoms. The molecule has 0 unspecified atom stereocenters. The van der Waals surface area contributed by atoms with Crippen molar-refractivity contribution in [2.24, 2.45) is 0 Å². The molecular weight excluding hydrogens is 312 g/mol. The molecule has 2 N–H and O–H groups in total. The molecule has 0 bridgehead atoms. The third-order valence-electron chi connectivity index (χ3n) is 3.97. The number of nitrogens with zero attached hydrogens (tertiary/aromatic N) is 2. The zero-order chi connectivity index (χ0) is 16.1. The number of nitrogens with one attached hydrogen (secondary N) is 2. The Morgan fingerprint density at radius 1 is 1.13 bits per heavy atom. The number of carbonyl (C=O) groups excluding carboxylic acids is 1. The Balaban J connectivity index is 1.53. The minimum absolute atomic E-state index is 0.0962. The van der Waals surface area contributed by atoms with Crippen LogP contribution in [-0.2, 0) is 6.54 Å². The van der Waals surface area contributed by atoms with Crippen LogP contribution in [0, 0.1) is 0 Å². The van der Waals surface area contributed by atoms with Crippen molar-refractivity contribution in [3.05, 3.63) is 52.8 Å². The first-order valence-electron chi connectivity index (χ1n) is 7.82. The number of aromatic nitrogens is 2. The Morgan fingerprint density at radius 2 is 1.78 bits per heavy atom. The van der Waals surface area contributed by atoms with E-state index >= 15 is 0 Å². The standard InChI is InChI=1S/C17H19ClN4O/c18-14-7-5-12(6-8-14)9-19-17-20-10-13(11-21-17)16(23)22-15-3-1-2-4-15/h5-8,10-11,15H,1-4,9H2,(H,22,23)(H,19,20,21). The van der Waals surface area contributed by atoms with E-state index in [4.69, 9.17) is 11.6 Å². The third kappa shape index (κ3) is 4.42. The quantitative estimate of drug-likeness (QED) is 0.881. The molecule has 1 aliphatic rings. The van der Waals surface area contributed by atoms with Crippen molar-refractivity contribution in [3.63, 3.8) is 0 Å². The Hall–Kier alpha value is -2.14. The van der Waals surface area contributed by atoms with Gasteiger partial charge in [0.1, 0.15) is 0 Å². The lowest BCUT2D eigenvalue weighted by Crippen LogP contribution is -2.32. The van der Waals surface area contributed by atoms with Crippen molar-refractivity contribution in [2.45, 2.75) is 38.3 Å². The largest absolute Gasteiger partial charge is 0.350 e. The summed E-state index contributed by atoms with van der Waals surface area (Å²) in [7, 11) is 0. The molecule has 2 aromatic rings. The number of hydrogen-bond acceptors (Lipinski definition) is 4. The number of amides is 1. The fraction of sp³-hybridized carbons (Fsp3) is 0.353. The lowest BCUT2D eigenvalue weighted by Gasteiger charge is -2.11. The van der Waals surface area contributed by atoms with Crippen LogP contribution < -0.4 is 10.6 Å². The summed E-state index contributed by atoms with van der Waals surface area (Å²) in [6.07, 6.45) is 7.62. The smallest absolute Gasteiger partial charge is 0.254 e. The highest BCUT2D eigenvalue weighted by Crippen LogP contribution is 2.18. The fourth-order valence-electron chi connectivity index (χ4n) is 2.66. The van der Waals surface area contributed by atoms with Gasteiger partial charge in [-0.15, -0.1) is 0 Å². The van der Waals surface area contributed by atoms with Crippen molar-refractivity contribution in [1.29, 1.82) is 0 Å². The first-order chi connectivity index (χ1) is 11.2. The molecule has 5 nitrogen and oxygen atoms in total. The molecule has 1 amide bonds. The van der Waals surface area contributed by atoms with Crippen LogP contribution in [0.2, 0.25) is 5.02 Å². The predicted octanol–water partition coefficient (Wildman–Crippen LogP) is 3.41. The van der Waals surface area contributed by atoms with Gasteiger partial charge in [-0.05, 0) is 30.5 Å². The van der Waals surface area contributed by atoms with Crippen molar-refractivity contribution >= 4 is 23.5 Å². The lowest BCUT2D eigenvalue weighted by atomic mass is 10.2. The molecule has 0 radical (unpaired) electrons. The molecular formula is C17H19ClN4O. The van der Waals surface area contributed by atoms with Crippen LogP contribution in [0.1, 0.15) is 41.6 Å². The normalized spacial score (nSPS) is 14.7. The molecule has 0 spiro atoms. The molecule has 1 aromatic heterocycles. The minimum atomic E-state index is -0.0962. The van der Waals surface area contributed by atoms with Gasteiger partial charge >= 0.3 is 0 Å². The van der Waals surface area contributed by atoms with Gasteiger partial charge in [0, 0.05) is 30.0 Å². The summed E-state index contributed by atoms with van der Waals surface area (Å²) in [6, 6.07) is 7.87. The van der Waals surface area contributed by atoms with Crippen LogP contribution in [0.15, 0.2) is 36.7 Å². The average molecular weight is 331 g/mol. The van der Waals surface area contributed by atoms with E-state index in [1.54, 1.807) is 12.4 Å². The van der Waals surface area contributed by atoms with Crippen molar-refractivity contribution < 1.29 is 4.79 Å². The van der Waals surface area contributed by atoms with E-state index in [1.807, 2.05) is 24.3 Å². The molecule has 3 rings (SSSR count). The molecule has 1 aromatic carbocycles. The summed E-state index contributed by atoms with van der Waals surface area (Å²) in [4.78, 5) is 20.5. The van der Waals surface area contributed by atoms with E-state index in [2.05, 4.69) is 20.6 Å². The second kappa shape index (κ2) is 7.42. The molecule has 0 saturated heterocycles. The molecule has 23 heavy (non-hydrogen) atoms. The van der Waals surface area contributed by atoms with Crippen LogP contribution in [0.4, 0.5) is 5.95 Å². The van der Waals surface area contributed by atoms with Gasteiger partial charge in [0.2, 0.25) is 5.95 Å². The molecule has 0 atom stereocenters. The highest BCUT2D eigenvalue weighted by molar-refractivity contribution is 6.30. The molecule has 1 saturated carbocycles. The number of carbonyl (C=O) groups is 1. The monoisotopic (exact) mass is 330 g/mol. The third-order valence-corrected chi connectivity index (χ3v) is 4.22. The predicted molar refractivity (Wildman–Crippen MR) is 90.5 cm³/mol. The van der Waals surface area contributed by atoms with E-state index in [1.165, 1.54) is 12.8 Å². The van der Waals surface area contributed by atoms with Crippen LogP contribution in [0.5, 0.6) is 0 Å². The van der Waals surface area contributed by atoms with Gasteiger partial charge in [-0.1, -0.05) is 36.6 Å². The van der Waals surface area contributed by atoms with Crippen molar-refractivity contribution in [2.75, 3.05) is 5.32 Å². The first-order valence-corrected chi connectivity index (χ1v) is 8.20. The maximum Gasteiger partial charge on any atom is 0.254 e. The van der Waals surface area contributed by atoms with Crippen LogP contribution >= 0.6 is 11.6 Å². The van der Waals surface area contributed by atoms with Gasteiger partial charge in [-0.25, -0.2) is 9.97 Å². The summed E-state index contributed by atoms with van der Waals surface area (Å²) >= 11 is 5.85. The van der Waals surface area contributed by atoms with E-state index in [0.717, 1.165) is 18.4 Å². The SMILES string of the molecule is O=C(NC1CCCC1)c1cnc(NCc2ccc(Cl)cc2)nc1. The van der Waals surface area contributed by atoms with Crippen molar-refractivity contribution in [1.82, 2.24) is 15.3 Å². The Labute approximate surface area is 140 Å².